The van der Waals surface area contributed by atoms with Gasteiger partial charge in [0.25, 0.3) is 0 Å². The Balaban J connectivity index is 3.18. The normalized spacial score (nSPS) is 10.7. The number of aromatic nitrogens is 3. The lowest BCUT2D eigenvalue weighted by Gasteiger charge is -2.26. The molecule has 0 saturated carbocycles. The van der Waals surface area contributed by atoms with Crippen molar-refractivity contribution in [2.24, 2.45) is 5.73 Å². The van der Waals surface area contributed by atoms with Crippen molar-refractivity contribution in [1.29, 1.82) is 0 Å². The van der Waals surface area contributed by atoms with Crippen LogP contribution < -0.4 is 21.3 Å². The summed E-state index contributed by atoms with van der Waals surface area (Å²) in [6, 6.07) is 0.0221. The molecule has 0 aliphatic carbocycles. The van der Waals surface area contributed by atoms with Gasteiger partial charge in [-0.3, -0.25) is 4.79 Å². The molecule has 0 radical (unpaired) electrons. The maximum atomic E-state index is 11.2. The number of rotatable bonds is 7. The van der Waals surface area contributed by atoms with Gasteiger partial charge in [0.1, 0.15) is 0 Å². The first-order chi connectivity index (χ1) is 9.38. The molecule has 20 heavy (non-hydrogen) atoms. The summed E-state index contributed by atoms with van der Waals surface area (Å²) >= 11 is 0. The Kier molecular flexibility index (Phi) is 5.48. The van der Waals surface area contributed by atoms with Gasteiger partial charge in [-0.2, -0.15) is 15.0 Å². The topological polar surface area (TPSA) is 114 Å². The van der Waals surface area contributed by atoms with Gasteiger partial charge in [-0.05, 0) is 27.7 Å². The Morgan fingerprint density at radius 1 is 1.15 bits per heavy atom. The van der Waals surface area contributed by atoms with E-state index >= 15 is 0 Å². The van der Waals surface area contributed by atoms with Crippen molar-refractivity contribution in [3.63, 3.8) is 0 Å². The average molecular weight is 281 g/mol. The third kappa shape index (κ3) is 3.94. The molecule has 0 saturated heterocycles. The van der Waals surface area contributed by atoms with Gasteiger partial charge >= 0.3 is 0 Å². The maximum Gasteiger partial charge on any atom is 0.237 e. The van der Waals surface area contributed by atoms with Crippen LogP contribution in [0.2, 0.25) is 0 Å². The molecule has 1 aromatic heterocycles. The van der Waals surface area contributed by atoms with Crippen molar-refractivity contribution < 1.29 is 4.79 Å². The fraction of sp³-hybridized carbons (Fsp3) is 0.667. The second-order valence-corrected chi connectivity index (χ2v) is 4.65. The summed E-state index contributed by atoms with van der Waals surface area (Å²) in [5.41, 5.74) is 11.0. The van der Waals surface area contributed by atoms with E-state index < -0.39 is 5.91 Å². The summed E-state index contributed by atoms with van der Waals surface area (Å²) in [4.78, 5) is 27.5. The molecule has 8 heteroatoms. The number of carbonyl (C=O) groups excluding carboxylic acids is 1. The highest BCUT2D eigenvalue weighted by Crippen LogP contribution is 2.16. The number of carbonyl (C=O) groups is 1. The van der Waals surface area contributed by atoms with E-state index in [2.05, 4.69) is 15.0 Å². The molecule has 0 aliphatic rings. The molecule has 0 bridgehead atoms. The van der Waals surface area contributed by atoms with E-state index in [9.17, 15) is 4.79 Å². The lowest BCUT2D eigenvalue weighted by molar-refractivity contribution is -0.116. The SMILES string of the molecule is CCN(CC)c1nc(N)nc(N(CC(N)=O)C(C)C)n1. The van der Waals surface area contributed by atoms with E-state index in [-0.39, 0.29) is 18.5 Å². The van der Waals surface area contributed by atoms with Crippen molar-refractivity contribution in [3.8, 4) is 0 Å². The Bertz CT molecular complexity index is 459. The molecule has 0 aromatic carbocycles. The molecule has 1 heterocycles. The van der Waals surface area contributed by atoms with Gasteiger partial charge in [-0.25, -0.2) is 0 Å². The van der Waals surface area contributed by atoms with Gasteiger partial charge in [0.15, 0.2) is 0 Å². The number of amides is 1. The zero-order chi connectivity index (χ0) is 15.3. The first-order valence-corrected chi connectivity index (χ1v) is 6.70. The molecule has 0 unspecified atom stereocenters. The quantitative estimate of drug-likeness (QED) is 0.723. The van der Waals surface area contributed by atoms with Gasteiger partial charge < -0.3 is 21.3 Å². The van der Waals surface area contributed by atoms with Crippen molar-refractivity contribution in [1.82, 2.24) is 15.0 Å². The standard InChI is InChI=1S/C12H23N7O/c1-5-18(6-2)11-15-10(14)16-12(17-11)19(8(3)4)7-9(13)20/h8H,5-7H2,1-4H3,(H2,13,20)(H2,14,15,16,17). The smallest absolute Gasteiger partial charge is 0.237 e. The number of anilines is 3. The number of hydrogen-bond acceptors (Lipinski definition) is 7. The highest BCUT2D eigenvalue weighted by atomic mass is 16.1. The van der Waals surface area contributed by atoms with Crippen molar-refractivity contribution in [2.45, 2.75) is 33.7 Å². The molecule has 112 valence electrons. The van der Waals surface area contributed by atoms with E-state index in [1.807, 2.05) is 32.6 Å². The van der Waals surface area contributed by atoms with Crippen LogP contribution in [0.25, 0.3) is 0 Å². The monoisotopic (exact) mass is 281 g/mol. The van der Waals surface area contributed by atoms with Crippen LogP contribution in [-0.2, 0) is 4.79 Å². The predicted octanol–water partition coefficient (Wildman–Crippen LogP) is 0.000100. The zero-order valence-corrected chi connectivity index (χ0v) is 12.5. The third-order valence-electron chi connectivity index (χ3n) is 2.88. The van der Waals surface area contributed by atoms with Gasteiger partial charge in [0, 0.05) is 19.1 Å². The molecule has 0 aliphatic heterocycles. The van der Waals surface area contributed by atoms with Crippen LogP contribution in [0.15, 0.2) is 0 Å². The Labute approximate surface area is 119 Å². The summed E-state index contributed by atoms with van der Waals surface area (Å²) < 4.78 is 0. The molecule has 1 aromatic rings. The van der Waals surface area contributed by atoms with Gasteiger partial charge in [-0.1, -0.05) is 0 Å². The second kappa shape index (κ2) is 6.88. The molecule has 0 atom stereocenters. The Morgan fingerprint density at radius 2 is 1.70 bits per heavy atom. The number of primary amides is 1. The zero-order valence-electron chi connectivity index (χ0n) is 12.5. The minimum atomic E-state index is -0.443. The molecule has 1 rings (SSSR count). The molecule has 0 spiro atoms. The minimum absolute atomic E-state index is 0.0221. The summed E-state index contributed by atoms with van der Waals surface area (Å²) in [5, 5.41) is 0. The average Bonchev–Trinajstić information content (AvgIpc) is 2.36. The summed E-state index contributed by atoms with van der Waals surface area (Å²) in [7, 11) is 0. The van der Waals surface area contributed by atoms with Crippen LogP contribution in [0.1, 0.15) is 27.7 Å². The van der Waals surface area contributed by atoms with Gasteiger partial charge in [-0.15, -0.1) is 0 Å². The van der Waals surface area contributed by atoms with Crippen LogP contribution in [-0.4, -0.2) is 46.5 Å². The van der Waals surface area contributed by atoms with Gasteiger partial charge in [0.05, 0.1) is 6.54 Å². The largest absolute Gasteiger partial charge is 0.368 e. The van der Waals surface area contributed by atoms with Crippen LogP contribution in [0.5, 0.6) is 0 Å². The van der Waals surface area contributed by atoms with Crippen LogP contribution >= 0.6 is 0 Å². The van der Waals surface area contributed by atoms with E-state index in [1.165, 1.54) is 0 Å². The summed E-state index contributed by atoms with van der Waals surface area (Å²) in [5.74, 6) is 0.565. The number of nitrogens with two attached hydrogens (primary N) is 2. The van der Waals surface area contributed by atoms with Crippen LogP contribution in [0, 0.1) is 0 Å². The highest BCUT2D eigenvalue weighted by molar-refractivity contribution is 5.79. The molecular formula is C12H23N7O. The fourth-order valence-electron chi connectivity index (χ4n) is 1.80. The van der Waals surface area contributed by atoms with E-state index in [1.54, 1.807) is 4.90 Å². The number of nitrogens with zero attached hydrogens (tertiary/aromatic N) is 5. The fourth-order valence-corrected chi connectivity index (χ4v) is 1.80. The van der Waals surface area contributed by atoms with Crippen LogP contribution in [0.4, 0.5) is 17.8 Å². The lowest BCUT2D eigenvalue weighted by Crippen LogP contribution is -2.40. The summed E-state index contributed by atoms with van der Waals surface area (Å²) in [6.45, 7) is 9.44. The van der Waals surface area contributed by atoms with Gasteiger partial charge in [0.2, 0.25) is 23.8 Å². The number of hydrogen-bond donors (Lipinski definition) is 2. The Morgan fingerprint density at radius 3 is 2.15 bits per heavy atom. The predicted molar refractivity (Wildman–Crippen MR) is 79.5 cm³/mol. The van der Waals surface area contributed by atoms with Crippen LogP contribution in [0.3, 0.4) is 0 Å². The van der Waals surface area contributed by atoms with Crippen molar-refractivity contribution >= 4 is 23.8 Å². The Hall–Kier alpha value is -2.12. The first kappa shape index (κ1) is 15.9. The highest BCUT2D eigenvalue weighted by Gasteiger charge is 2.19. The number of nitrogen functional groups attached to an aromatic ring is 1. The third-order valence-corrected chi connectivity index (χ3v) is 2.88. The van der Waals surface area contributed by atoms with E-state index in [0.29, 0.717) is 11.9 Å². The molecule has 0 fully saturated rings. The first-order valence-electron chi connectivity index (χ1n) is 6.70. The maximum absolute atomic E-state index is 11.2. The second-order valence-electron chi connectivity index (χ2n) is 4.65. The minimum Gasteiger partial charge on any atom is -0.368 e. The molecular weight excluding hydrogens is 258 g/mol. The van der Waals surface area contributed by atoms with Crippen molar-refractivity contribution in [2.75, 3.05) is 35.2 Å². The lowest BCUT2D eigenvalue weighted by atomic mass is 10.3. The summed E-state index contributed by atoms with van der Waals surface area (Å²) in [6.07, 6.45) is 0. The van der Waals surface area contributed by atoms with E-state index in [4.69, 9.17) is 11.5 Å². The molecule has 8 nitrogen and oxygen atoms in total. The van der Waals surface area contributed by atoms with E-state index in [0.717, 1.165) is 13.1 Å². The van der Waals surface area contributed by atoms with Crippen molar-refractivity contribution in [3.05, 3.63) is 0 Å². The molecule has 4 N–H and O–H groups in total. The molecule has 1 amide bonds.